The Kier molecular flexibility index (Phi) is 7.47. The van der Waals surface area contributed by atoms with E-state index in [-0.39, 0.29) is 28.2 Å². The van der Waals surface area contributed by atoms with Crippen molar-refractivity contribution >= 4 is 45.0 Å². The van der Waals surface area contributed by atoms with Gasteiger partial charge in [-0.25, -0.2) is 19.7 Å². The van der Waals surface area contributed by atoms with E-state index in [4.69, 9.17) is 5.73 Å². The van der Waals surface area contributed by atoms with Crippen LogP contribution in [-0.2, 0) is 12.4 Å². The monoisotopic (exact) mass is 545 g/mol. The molecule has 5 rings (SSSR count). The SMILES string of the molecule is Nc1cc(C(F)(F)F)nc2ccccc12.O=C(Nc1cnccn1)Nc1cc(C(F)(F)F)nc2ccccc12. The number of amides is 2. The van der Waals surface area contributed by atoms with Crippen LogP contribution in [0, 0.1) is 0 Å². The Morgan fingerprint density at radius 2 is 1.31 bits per heavy atom. The van der Waals surface area contributed by atoms with E-state index in [0.717, 1.165) is 12.1 Å². The van der Waals surface area contributed by atoms with Gasteiger partial charge < -0.3 is 11.1 Å². The number of fused-ring (bicyclic) bond motifs is 2. The zero-order valence-corrected chi connectivity index (χ0v) is 19.5. The van der Waals surface area contributed by atoms with Gasteiger partial charge in [0.25, 0.3) is 0 Å². The van der Waals surface area contributed by atoms with Crippen molar-refractivity contribution in [1.82, 2.24) is 19.9 Å². The molecule has 0 saturated carbocycles. The summed E-state index contributed by atoms with van der Waals surface area (Å²) in [4.78, 5) is 26.7. The minimum atomic E-state index is -4.62. The summed E-state index contributed by atoms with van der Waals surface area (Å²) in [6.07, 6.45) is -4.97. The van der Waals surface area contributed by atoms with E-state index in [2.05, 4.69) is 30.6 Å². The quantitative estimate of drug-likeness (QED) is 0.217. The van der Waals surface area contributed by atoms with Crippen molar-refractivity contribution in [3.05, 3.63) is 90.6 Å². The van der Waals surface area contributed by atoms with Crippen molar-refractivity contribution in [2.75, 3.05) is 16.4 Å². The van der Waals surface area contributed by atoms with E-state index in [1.165, 1.54) is 30.7 Å². The Hall–Kier alpha value is -5.01. The van der Waals surface area contributed by atoms with Crippen LogP contribution in [0.1, 0.15) is 11.4 Å². The highest BCUT2D eigenvalue weighted by molar-refractivity contribution is 6.05. The molecule has 3 heterocycles. The van der Waals surface area contributed by atoms with Crippen LogP contribution >= 0.6 is 0 Å². The van der Waals surface area contributed by atoms with Gasteiger partial charge in [-0.1, -0.05) is 36.4 Å². The van der Waals surface area contributed by atoms with E-state index >= 15 is 0 Å². The Labute approximate surface area is 215 Å². The number of benzene rings is 2. The van der Waals surface area contributed by atoms with Gasteiger partial charge in [0.1, 0.15) is 11.4 Å². The fourth-order valence-corrected chi connectivity index (χ4v) is 3.41. The van der Waals surface area contributed by atoms with Crippen LogP contribution in [0.25, 0.3) is 21.8 Å². The number of nitrogens with one attached hydrogen (secondary N) is 2. The van der Waals surface area contributed by atoms with Crippen LogP contribution in [-0.4, -0.2) is 26.0 Å². The predicted octanol–water partition coefficient (Wildman–Crippen LogP) is 6.52. The molecule has 14 heteroatoms. The van der Waals surface area contributed by atoms with Gasteiger partial charge in [-0.3, -0.25) is 10.3 Å². The van der Waals surface area contributed by atoms with Crippen molar-refractivity contribution in [2.45, 2.75) is 12.4 Å². The molecule has 0 aliphatic rings. The number of carbonyl (C=O) groups is 1. The molecule has 8 nitrogen and oxygen atoms in total. The van der Waals surface area contributed by atoms with Crippen LogP contribution in [0.4, 0.5) is 48.3 Å². The first kappa shape index (κ1) is 27.0. The number of carbonyl (C=O) groups excluding carboxylic acids is 1. The number of rotatable bonds is 2. The van der Waals surface area contributed by atoms with Crippen LogP contribution in [0.5, 0.6) is 0 Å². The van der Waals surface area contributed by atoms with Crippen molar-refractivity contribution in [3.8, 4) is 0 Å². The number of anilines is 3. The topological polar surface area (TPSA) is 119 Å². The van der Waals surface area contributed by atoms with Crippen LogP contribution in [0.2, 0.25) is 0 Å². The molecular weight excluding hydrogens is 528 g/mol. The number of nitrogens with two attached hydrogens (primary N) is 1. The van der Waals surface area contributed by atoms with Crippen molar-refractivity contribution < 1.29 is 31.1 Å². The molecular formula is C25H17F6N7O. The number of nitrogen functional groups attached to an aromatic ring is 1. The highest BCUT2D eigenvalue weighted by Crippen LogP contribution is 2.33. The minimum absolute atomic E-state index is 0.00526. The fraction of sp³-hybridized carbons (Fsp3) is 0.0800. The summed E-state index contributed by atoms with van der Waals surface area (Å²) in [5.41, 5.74) is 3.93. The normalized spacial score (nSPS) is 11.5. The molecule has 0 atom stereocenters. The van der Waals surface area contributed by atoms with E-state index in [1.54, 1.807) is 36.4 Å². The lowest BCUT2D eigenvalue weighted by molar-refractivity contribution is -0.141. The average molecular weight is 545 g/mol. The summed E-state index contributed by atoms with van der Waals surface area (Å²) in [6.45, 7) is 0. The molecule has 39 heavy (non-hydrogen) atoms. The maximum atomic E-state index is 13.0. The highest BCUT2D eigenvalue weighted by atomic mass is 19.4. The van der Waals surface area contributed by atoms with E-state index in [9.17, 15) is 31.1 Å². The number of para-hydroxylation sites is 2. The van der Waals surface area contributed by atoms with E-state index in [1.807, 2.05) is 0 Å². The summed E-state index contributed by atoms with van der Waals surface area (Å²) in [7, 11) is 0. The Morgan fingerprint density at radius 3 is 1.90 bits per heavy atom. The first-order valence-corrected chi connectivity index (χ1v) is 11.0. The largest absolute Gasteiger partial charge is 0.433 e. The van der Waals surface area contributed by atoms with Gasteiger partial charge in [0.15, 0.2) is 5.82 Å². The molecule has 0 bridgehead atoms. The Bertz CT molecular complexity index is 1630. The standard InChI is InChI=1S/C15H10F3N5O.C10H7F3N2/c16-15(17,18)12-7-11(9-3-1-2-4-10(9)21-12)22-14(24)23-13-8-19-5-6-20-13;11-10(12,13)9-5-7(14)6-3-1-2-4-8(6)15-9/h1-8H,(H2,20,21,22,23,24);1-5H,(H2,14,15). The molecule has 2 aromatic carbocycles. The summed E-state index contributed by atoms with van der Waals surface area (Å²) in [5, 5.41) is 5.70. The number of alkyl halides is 6. The number of aromatic nitrogens is 4. The third-order valence-electron chi connectivity index (χ3n) is 5.10. The lowest BCUT2D eigenvalue weighted by atomic mass is 10.1. The van der Waals surface area contributed by atoms with Crippen molar-refractivity contribution in [3.63, 3.8) is 0 Å². The molecule has 0 aliphatic carbocycles. The molecule has 0 aliphatic heterocycles. The van der Waals surface area contributed by atoms with Gasteiger partial charge in [-0.15, -0.1) is 0 Å². The van der Waals surface area contributed by atoms with E-state index in [0.29, 0.717) is 10.8 Å². The molecule has 200 valence electrons. The fourth-order valence-electron chi connectivity index (χ4n) is 3.41. The minimum Gasteiger partial charge on any atom is -0.398 e. The second-order valence-electron chi connectivity index (χ2n) is 7.85. The summed E-state index contributed by atoms with van der Waals surface area (Å²) < 4.78 is 76.0. The van der Waals surface area contributed by atoms with Gasteiger partial charge in [-0.2, -0.15) is 26.3 Å². The maximum absolute atomic E-state index is 13.0. The van der Waals surface area contributed by atoms with Crippen LogP contribution in [0.15, 0.2) is 79.3 Å². The molecule has 4 N–H and O–H groups in total. The van der Waals surface area contributed by atoms with Gasteiger partial charge in [0.2, 0.25) is 0 Å². The van der Waals surface area contributed by atoms with Crippen molar-refractivity contribution in [2.24, 2.45) is 0 Å². The highest BCUT2D eigenvalue weighted by Gasteiger charge is 2.34. The molecule has 0 fully saturated rings. The molecule has 0 radical (unpaired) electrons. The predicted molar refractivity (Wildman–Crippen MR) is 133 cm³/mol. The first-order valence-electron chi connectivity index (χ1n) is 11.0. The number of halogens is 6. The summed E-state index contributed by atoms with van der Waals surface area (Å²) in [5.74, 6) is 0.171. The zero-order valence-electron chi connectivity index (χ0n) is 19.5. The molecule has 0 unspecified atom stereocenters. The molecule has 3 aromatic heterocycles. The van der Waals surface area contributed by atoms with Crippen LogP contribution < -0.4 is 16.4 Å². The average Bonchev–Trinajstić information content (AvgIpc) is 2.88. The Morgan fingerprint density at radius 1 is 0.744 bits per heavy atom. The second kappa shape index (κ2) is 10.8. The second-order valence-corrected chi connectivity index (χ2v) is 7.85. The number of pyridine rings is 2. The molecule has 0 spiro atoms. The number of hydrogen-bond acceptors (Lipinski definition) is 6. The number of hydrogen-bond donors (Lipinski definition) is 3. The Balaban J connectivity index is 0.000000202. The lowest BCUT2D eigenvalue weighted by Gasteiger charge is -2.13. The smallest absolute Gasteiger partial charge is 0.398 e. The summed E-state index contributed by atoms with van der Waals surface area (Å²) in [6, 6.07) is 13.6. The molecule has 0 saturated heterocycles. The first-order chi connectivity index (χ1) is 18.4. The zero-order chi connectivity index (χ0) is 28.2. The maximum Gasteiger partial charge on any atom is 0.433 e. The molecule has 2 amide bonds. The molecule has 5 aromatic rings. The third-order valence-corrected chi connectivity index (χ3v) is 5.10. The lowest BCUT2D eigenvalue weighted by Crippen LogP contribution is -2.21. The van der Waals surface area contributed by atoms with Gasteiger partial charge >= 0.3 is 18.4 Å². The number of urea groups is 1. The van der Waals surface area contributed by atoms with Gasteiger partial charge in [-0.05, 0) is 24.3 Å². The van der Waals surface area contributed by atoms with Gasteiger partial charge in [0.05, 0.1) is 22.9 Å². The third kappa shape index (κ3) is 6.66. The van der Waals surface area contributed by atoms with Crippen LogP contribution in [0.3, 0.4) is 0 Å². The van der Waals surface area contributed by atoms with Gasteiger partial charge in [0, 0.05) is 28.9 Å². The summed E-state index contributed by atoms with van der Waals surface area (Å²) >= 11 is 0. The van der Waals surface area contributed by atoms with Crippen molar-refractivity contribution in [1.29, 1.82) is 0 Å². The number of nitrogens with zero attached hydrogens (tertiary/aromatic N) is 4. The van der Waals surface area contributed by atoms with E-state index < -0.39 is 29.8 Å².